The molecule has 10 heteroatoms. The number of nitrogens with one attached hydrogen (secondary N) is 1. The second-order valence-electron chi connectivity index (χ2n) is 23.3. The topological polar surface area (TPSA) is 114 Å². The summed E-state index contributed by atoms with van der Waals surface area (Å²) in [6.07, 6.45) is 71.9. The number of amides is 1. The van der Waals surface area contributed by atoms with E-state index in [4.69, 9.17) is 13.8 Å². The Morgan fingerprint density at radius 2 is 0.792 bits per heavy atom. The molecule has 0 aliphatic rings. The van der Waals surface area contributed by atoms with Crippen LogP contribution in [0.15, 0.2) is 60.8 Å². The number of hydrogen-bond acceptors (Lipinski definition) is 7. The lowest BCUT2D eigenvalue weighted by molar-refractivity contribution is -0.870. The van der Waals surface area contributed by atoms with E-state index in [9.17, 15) is 19.0 Å². The van der Waals surface area contributed by atoms with Crippen LogP contribution in [0, 0.1) is 0 Å². The Morgan fingerprint density at radius 3 is 1.23 bits per heavy atom. The molecule has 1 amide bonds. The highest BCUT2D eigenvalue weighted by Gasteiger charge is 2.27. The Kier molecular flexibility index (Phi) is 55.3. The van der Waals surface area contributed by atoms with Gasteiger partial charge in [-0.3, -0.25) is 14.2 Å². The van der Waals surface area contributed by atoms with Crippen molar-refractivity contribution < 1.29 is 37.3 Å². The van der Waals surface area contributed by atoms with Gasteiger partial charge in [0.2, 0.25) is 5.91 Å². The van der Waals surface area contributed by atoms with Gasteiger partial charge in [-0.05, 0) is 96.0 Å². The summed E-state index contributed by atoms with van der Waals surface area (Å²) in [6, 6.07) is -0.897. The highest BCUT2D eigenvalue weighted by molar-refractivity contribution is 7.45. The largest absolute Gasteiger partial charge is 0.756 e. The molecule has 77 heavy (non-hydrogen) atoms. The predicted molar refractivity (Wildman–Crippen MR) is 330 cm³/mol. The maximum atomic E-state index is 13.5. The number of quaternary nitrogens is 1. The van der Waals surface area contributed by atoms with Gasteiger partial charge >= 0.3 is 5.97 Å². The van der Waals surface area contributed by atoms with E-state index < -0.39 is 26.6 Å². The van der Waals surface area contributed by atoms with E-state index in [0.29, 0.717) is 23.9 Å². The van der Waals surface area contributed by atoms with Crippen molar-refractivity contribution in [3.8, 4) is 0 Å². The summed E-state index contributed by atoms with van der Waals surface area (Å²) in [6.45, 7) is 6.82. The lowest BCUT2D eigenvalue weighted by Crippen LogP contribution is -2.47. The molecule has 0 spiro atoms. The molecule has 0 aromatic rings. The third kappa shape index (κ3) is 58.2. The average molecular weight is 1100 g/mol. The van der Waals surface area contributed by atoms with Crippen LogP contribution in [0.5, 0.6) is 0 Å². The van der Waals surface area contributed by atoms with Crippen LogP contribution in [0.3, 0.4) is 0 Å². The van der Waals surface area contributed by atoms with Crippen molar-refractivity contribution in [3.05, 3.63) is 60.8 Å². The molecular weight excluding hydrogens is 976 g/mol. The second-order valence-corrected chi connectivity index (χ2v) is 24.7. The number of unbranched alkanes of at least 4 members (excludes halogenated alkanes) is 35. The monoisotopic (exact) mass is 1100 g/mol. The summed E-state index contributed by atoms with van der Waals surface area (Å²) in [7, 11) is 1.18. The van der Waals surface area contributed by atoms with Gasteiger partial charge in [-0.1, -0.05) is 255 Å². The van der Waals surface area contributed by atoms with Gasteiger partial charge < -0.3 is 28.5 Å². The molecule has 450 valence electrons. The van der Waals surface area contributed by atoms with E-state index >= 15 is 0 Å². The Balaban J connectivity index is 5.13. The SMILES string of the molecule is CCCCC/C=C\C/C=C\C/C=C\CCCCCCCCCCCCCCC(=O)OC(/C=C\CCCCCCCCCCCCC)C(COP(=O)([O-])OCC[N+](C)(C)C)NC(=O)CCCCC/C=C\CCCCCCCC. The van der Waals surface area contributed by atoms with Crippen molar-refractivity contribution in [2.24, 2.45) is 0 Å². The van der Waals surface area contributed by atoms with Crippen molar-refractivity contribution in [2.45, 2.75) is 315 Å². The maximum Gasteiger partial charge on any atom is 0.306 e. The van der Waals surface area contributed by atoms with E-state index in [0.717, 1.165) is 77.0 Å². The summed E-state index contributed by atoms with van der Waals surface area (Å²) in [4.78, 5) is 40.0. The van der Waals surface area contributed by atoms with Gasteiger partial charge in [0.25, 0.3) is 7.82 Å². The quantitative estimate of drug-likeness (QED) is 0.0212. The van der Waals surface area contributed by atoms with Crippen molar-refractivity contribution in [1.82, 2.24) is 5.32 Å². The molecule has 3 unspecified atom stereocenters. The van der Waals surface area contributed by atoms with Crippen LogP contribution in [0.2, 0.25) is 0 Å². The Hall–Kier alpha value is -2.29. The van der Waals surface area contributed by atoms with Crippen LogP contribution in [0.25, 0.3) is 0 Å². The number of phosphoric ester groups is 1. The molecule has 0 heterocycles. The first-order chi connectivity index (χ1) is 37.4. The highest BCUT2D eigenvalue weighted by Crippen LogP contribution is 2.38. The number of ether oxygens (including phenoxy) is 1. The van der Waals surface area contributed by atoms with Gasteiger partial charge in [0.1, 0.15) is 19.3 Å². The minimum absolute atomic E-state index is 0.0255. The molecule has 0 aliphatic carbocycles. The van der Waals surface area contributed by atoms with Gasteiger partial charge in [-0.15, -0.1) is 0 Å². The number of rotatable bonds is 59. The number of esters is 1. The van der Waals surface area contributed by atoms with E-state index in [1.54, 1.807) is 0 Å². The minimum Gasteiger partial charge on any atom is -0.756 e. The smallest absolute Gasteiger partial charge is 0.306 e. The lowest BCUT2D eigenvalue weighted by atomic mass is 10.0. The molecule has 0 bridgehead atoms. The third-order valence-corrected chi connectivity index (χ3v) is 15.4. The van der Waals surface area contributed by atoms with Gasteiger partial charge in [-0.2, -0.15) is 0 Å². The van der Waals surface area contributed by atoms with Crippen LogP contribution in [-0.2, 0) is 27.9 Å². The molecule has 1 N–H and O–H groups in total. The number of allylic oxidation sites excluding steroid dienone is 9. The minimum atomic E-state index is -4.70. The highest BCUT2D eigenvalue weighted by atomic mass is 31.2. The Labute approximate surface area is 477 Å². The first kappa shape index (κ1) is 74.7. The van der Waals surface area contributed by atoms with Gasteiger partial charge in [0.15, 0.2) is 0 Å². The van der Waals surface area contributed by atoms with E-state index in [1.807, 2.05) is 33.3 Å². The normalized spacial score (nSPS) is 14.0. The number of carbonyl (C=O) groups excluding carboxylic acids is 2. The Bertz CT molecular complexity index is 1500. The predicted octanol–water partition coefficient (Wildman–Crippen LogP) is 19.6. The van der Waals surface area contributed by atoms with Gasteiger partial charge in [-0.25, -0.2) is 0 Å². The molecule has 0 aliphatic heterocycles. The van der Waals surface area contributed by atoms with Gasteiger partial charge in [0, 0.05) is 12.8 Å². The fourth-order valence-corrected chi connectivity index (χ4v) is 10.1. The summed E-state index contributed by atoms with van der Waals surface area (Å²) in [5.74, 6) is -0.555. The number of likely N-dealkylation sites (N-methyl/N-ethyl adjacent to an activating group) is 1. The van der Waals surface area contributed by atoms with E-state index in [-0.39, 0.29) is 24.9 Å². The fourth-order valence-electron chi connectivity index (χ4n) is 9.35. The van der Waals surface area contributed by atoms with Crippen molar-refractivity contribution in [2.75, 3.05) is 40.9 Å². The summed E-state index contributed by atoms with van der Waals surface area (Å²) in [5, 5.41) is 3.02. The number of phosphoric acid groups is 1. The second kappa shape index (κ2) is 57.0. The summed E-state index contributed by atoms with van der Waals surface area (Å²) in [5.41, 5.74) is 0. The summed E-state index contributed by atoms with van der Waals surface area (Å²) < 4.78 is 30.3. The van der Waals surface area contributed by atoms with Crippen LogP contribution in [0.1, 0.15) is 303 Å². The third-order valence-electron chi connectivity index (χ3n) is 14.4. The number of nitrogens with zero attached hydrogens (tertiary/aromatic N) is 1. The number of carbonyl (C=O) groups is 2. The molecule has 0 fully saturated rings. The molecule has 0 aromatic heterocycles. The molecule has 0 aromatic carbocycles. The average Bonchev–Trinajstić information content (AvgIpc) is 3.39. The fraction of sp³-hybridized carbons (Fsp3) is 0.821. The van der Waals surface area contributed by atoms with Crippen LogP contribution in [-0.4, -0.2) is 69.4 Å². The van der Waals surface area contributed by atoms with Crippen LogP contribution in [0.4, 0.5) is 0 Å². The zero-order chi connectivity index (χ0) is 56.4. The van der Waals surface area contributed by atoms with Crippen molar-refractivity contribution in [3.63, 3.8) is 0 Å². The molecule has 9 nitrogen and oxygen atoms in total. The lowest BCUT2D eigenvalue weighted by Gasteiger charge is -2.30. The zero-order valence-electron chi connectivity index (χ0n) is 51.4. The van der Waals surface area contributed by atoms with Crippen molar-refractivity contribution in [1.29, 1.82) is 0 Å². The Morgan fingerprint density at radius 1 is 0.455 bits per heavy atom. The molecule has 0 rings (SSSR count). The molecular formula is C67H125N2O7P. The van der Waals surface area contributed by atoms with Crippen LogP contribution >= 0.6 is 7.82 Å². The molecule has 3 atom stereocenters. The standard InChI is InChI=1S/C67H125N2O7P/c1-7-10-13-16-19-22-25-28-29-30-31-32-33-34-35-36-37-38-39-42-45-48-51-54-57-60-67(71)76-65(58-55-52-49-46-43-40-26-23-20-17-14-11-8-2)64(63-75-77(72,73)74-62-61-69(4,5)6)68-66(70)59-56-53-50-47-44-41-27-24-21-18-15-12-9-3/h19,22,28-29,31-32,41,44,55,58,64-65H,7-18,20-21,23-27,30,33-40,42-43,45-54,56-57,59-63H2,1-6H3,(H-,68,70,72,73)/b22-19-,29-28-,32-31-,44-41-,58-55-. The zero-order valence-corrected chi connectivity index (χ0v) is 52.3. The van der Waals surface area contributed by atoms with E-state index in [2.05, 4.69) is 74.7 Å². The molecule has 0 saturated carbocycles. The first-order valence-corrected chi connectivity index (χ1v) is 34.1. The van der Waals surface area contributed by atoms with Crippen molar-refractivity contribution >= 4 is 19.7 Å². The molecule has 0 radical (unpaired) electrons. The molecule has 0 saturated heterocycles. The maximum absolute atomic E-state index is 13.5. The van der Waals surface area contributed by atoms with E-state index in [1.165, 1.54) is 186 Å². The van der Waals surface area contributed by atoms with Gasteiger partial charge in [0.05, 0.1) is 33.8 Å². The summed E-state index contributed by atoms with van der Waals surface area (Å²) >= 11 is 0. The number of hydrogen-bond donors (Lipinski definition) is 1. The first-order valence-electron chi connectivity index (χ1n) is 32.6. The van der Waals surface area contributed by atoms with Crippen LogP contribution < -0.4 is 10.2 Å².